The fraction of sp³-hybridized carbons (Fsp3) is 0.455. The SMILES string of the molecule is COP(=O)(OC)C(C)(C)Nc1ccccc1. The van der Waals surface area contributed by atoms with Gasteiger partial charge in [0.25, 0.3) is 0 Å². The molecule has 4 nitrogen and oxygen atoms in total. The van der Waals surface area contributed by atoms with Gasteiger partial charge in [-0.25, -0.2) is 0 Å². The second-order valence-corrected chi connectivity index (χ2v) is 6.76. The Kier molecular flexibility index (Phi) is 4.14. The first-order chi connectivity index (χ1) is 7.45. The Morgan fingerprint density at radius 1 is 1.12 bits per heavy atom. The van der Waals surface area contributed by atoms with Crippen molar-refractivity contribution < 1.29 is 13.6 Å². The highest BCUT2D eigenvalue weighted by Crippen LogP contribution is 2.58. The molecule has 90 valence electrons. The van der Waals surface area contributed by atoms with Crippen LogP contribution in [0, 0.1) is 0 Å². The Morgan fingerprint density at radius 3 is 2.06 bits per heavy atom. The van der Waals surface area contributed by atoms with Crippen LogP contribution in [0.3, 0.4) is 0 Å². The Balaban J connectivity index is 2.91. The molecule has 0 aliphatic rings. The van der Waals surface area contributed by atoms with Gasteiger partial charge in [0.05, 0.1) is 0 Å². The monoisotopic (exact) mass is 243 g/mol. The van der Waals surface area contributed by atoms with Gasteiger partial charge >= 0.3 is 7.60 Å². The molecule has 16 heavy (non-hydrogen) atoms. The van der Waals surface area contributed by atoms with Crippen molar-refractivity contribution in [3.8, 4) is 0 Å². The van der Waals surface area contributed by atoms with Crippen LogP contribution < -0.4 is 5.32 Å². The summed E-state index contributed by atoms with van der Waals surface area (Å²) in [6, 6.07) is 9.53. The number of benzene rings is 1. The molecule has 0 bridgehead atoms. The van der Waals surface area contributed by atoms with Crippen LogP contribution in [0.25, 0.3) is 0 Å². The molecule has 1 aromatic rings. The smallest absolute Gasteiger partial charge is 0.354 e. The van der Waals surface area contributed by atoms with Gasteiger partial charge in [-0.15, -0.1) is 0 Å². The number of anilines is 1. The zero-order valence-electron chi connectivity index (χ0n) is 10.1. The first-order valence-electron chi connectivity index (χ1n) is 5.00. The molecule has 1 N–H and O–H groups in total. The van der Waals surface area contributed by atoms with Crippen LogP contribution >= 0.6 is 7.60 Å². The van der Waals surface area contributed by atoms with E-state index in [1.807, 2.05) is 30.3 Å². The summed E-state index contributed by atoms with van der Waals surface area (Å²) < 4.78 is 22.3. The molecule has 0 saturated carbocycles. The normalized spacial score (nSPS) is 12.5. The van der Waals surface area contributed by atoms with Gasteiger partial charge in [-0.3, -0.25) is 4.57 Å². The lowest BCUT2D eigenvalue weighted by atomic mass is 10.3. The van der Waals surface area contributed by atoms with Crippen LogP contribution in [0.1, 0.15) is 13.8 Å². The predicted molar refractivity (Wildman–Crippen MR) is 65.8 cm³/mol. The molecule has 0 spiro atoms. The van der Waals surface area contributed by atoms with Gasteiger partial charge in [-0.1, -0.05) is 18.2 Å². The molecule has 0 fully saturated rings. The molecule has 0 aliphatic heterocycles. The molecule has 0 amide bonds. The van der Waals surface area contributed by atoms with Crippen LogP contribution in [0.5, 0.6) is 0 Å². The molecule has 0 atom stereocenters. The summed E-state index contributed by atoms with van der Waals surface area (Å²) in [6.45, 7) is 3.57. The lowest BCUT2D eigenvalue weighted by molar-refractivity contribution is 0.256. The molecule has 1 aromatic carbocycles. The molecule has 0 saturated heterocycles. The van der Waals surface area contributed by atoms with Crippen molar-refractivity contribution in [1.82, 2.24) is 0 Å². The molecule has 0 unspecified atom stereocenters. The van der Waals surface area contributed by atoms with E-state index in [4.69, 9.17) is 9.05 Å². The van der Waals surface area contributed by atoms with E-state index >= 15 is 0 Å². The minimum Gasteiger partial charge on any atom is -0.370 e. The van der Waals surface area contributed by atoms with Crippen LogP contribution in [0.2, 0.25) is 0 Å². The van der Waals surface area contributed by atoms with E-state index in [1.54, 1.807) is 13.8 Å². The third kappa shape index (κ3) is 2.64. The lowest BCUT2D eigenvalue weighted by Crippen LogP contribution is -2.32. The molecular formula is C11H18NO3P. The predicted octanol–water partition coefficient (Wildman–Crippen LogP) is 3.32. The number of hydrogen-bond donors (Lipinski definition) is 1. The maximum Gasteiger partial charge on any atom is 0.354 e. The Morgan fingerprint density at radius 2 is 1.62 bits per heavy atom. The summed E-state index contributed by atoms with van der Waals surface area (Å²) in [7, 11) is -0.385. The fourth-order valence-corrected chi connectivity index (χ4v) is 2.80. The maximum absolute atomic E-state index is 12.3. The minimum atomic E-state index is -3.16. The largest absolute Gasteiger partial charge is 0.370 e. The van der Waals surface area contributed by atoms with Crippen molar-refractivity contribution in [3.05, 3.63) is 30.3 Å². The number of hydrogen-bond acceptors (Lipinski definition) is 4. The number of rotatable bonds is 5. The zero-order chi connectivity index (χ0) is 12.2. The van der Waals surface area contributed by atoms with Crippen LogP contribution in [0.4, 0.5) is 5.69 Å². The maximum atomic E-state index is 12.3. The molecule has 5 heteroatoms. The van der Waals surface area contributed by atoms with E-state index in [-0.39, 0.29) is 0 Å². The third-order valence-electron chi connectivity index (χ3n) is 2.39. The fourth-order valence-electron chi connectivity index (χ4n) is 1.47. The molecule has 0 aromatic heterocycles. The summed E-state index contributed by atoms with van der Waals surface area (Å²) in [5, 5.41) is 2.37. The van der Waals surface area contributed by atoms with Crippen molar-refractivity contribution in [2.75, 3.05) is 19.5 Å². The van der Waals surface area contributed by atoms with E-state index in [2.05, 4.69) is 5.32 Å². The van der Waals surface area contributed by atoms with Crippen molar-refractivity contribution in [3.63, 3.8) is 0 Å². The third-order valence-corrected chi connectivity index (χ3v) is 4.83. The highest BCUT2D eigenvalue weighted by atomic mass is 31.2. The van der Waals surface area contributed by atoms with E-state index in [0.717, 1.165) is 5.69 Å². The summed E-state index contributed by atoms with van der Waals surface area (Å²) >= 11 is 0. The van der Waals surface area contributed by atoms with Gasteiger partial charge < -0.3 is 14.4 Å². The average Bonchev–Trinajstić information content (AvgIpc) is 2.28. The van der Waals surface area contributed by atoms with Crippen LogP contribution in [-0.2, 0) is 13.6 Å². The second kappa shape index (κ2) is 5.00. The first-order valence-corrected chi connectivity index (χ1v) is 6.54. The van der Waals surface area contributed by atoms with Crippen molar-refractivity contribution in [2.45, 2.75) is 19.1 Å². The first kappa shape index (κ1) is 13.2. The summed E-state index contributed by atoms with van der Waals surface area (Å²) in [5.41, 5.74) is 0.877. The number of nitrogens with one attached hydrogen (secondary N) is 1. The highest BCUT2D eigenvalue weighted by molar-refractivity contribution is 7.55. The molecule has 1 rings (SSSR count). The van der Waals surface area contributed by atoms with Crippen molar-refractivity contribution in [2.24, 2.45) is 0 Å². The summed E-state index contributed by atoms with van der Waals surface area (Å²) in [4.78, 5) is 0. The zero-order valence-corrected chi connectivity index (χ0v) is 11.0. The van der Waals surface area contributed by atoms with E-state index in [1.165, 1.54) is 14.2 Å². The summed E-state index contributed by atoms with van der Waals surface area (Å²) in [6.07, 6.45) is 0. The summed E-state index contributed by atoms with van der Waals surface area (Å²) in [5.74, 6) is 0. The molecular weight excluding hydrogens is 225 g/mol. The van der Waals surface area contributed by atoms with E-state index in [0.29, 0.717) is 0 Å². The minimum absolute atomic E-state index is 0.780. The van der Waals surface area contributed by atoms with Gasteiger partial charge in [0.15, 0.2) is 0 Å². The van der Waals surface area contributed by atoms with Crippen molar-refractivity contribution >= 4 is 13.3 Å². The Bertz CT molecular complexity index is 370. The Hall–Kier alpha value is -0.830. The molecule has 0 radical (unpaired) electrons. The number of para-hydroxylation sites is 1. The topological polar surface area (TPSA) is 47.6 Å². The van der Waals surface area contributed by atoms with Gasteiger partial charge in [-0.05, 0) is 26.0 Å². The highest BCUT2D eigenvalue weighted by Gasteiger charge is 2.42. The average molecular weight is 243 g/mol. The second-order valence-electron chi connectivity index (χ2n) is 3.91. The van der Waals surface area contributed by atoms with Gasteiger partial charge in [-0.2, -0.15) is 0 Å². The molecule has 0 aliphatic carbocycles. The quantitative estimate of drug-likeness (QED) is 0.806. The van der Waals surface area contributed by atoms with Crippen molar-refractivity contribution in [1.29, 1.82) is 0 Å². The van der Waals surface area contributed by atoms with E-state index in [9.17, 15) is 4.57 Å². The van der Waals surface area contributed by atoms with Gasteiger partial charge in [0.1, 0.15) is 5.28 Å². The Labute approximate surface area is 96.5 Å². The standard InChI is InChI=1S/C11H18NO3P/c1-11(2,16(13,14-3)15-4)12-10-8-6-5-7-9-10/h5-9,12H,1-4H3. The van der Waals surface area contributed by atoms with E-state index < -0.39 is 12.9 Å². The van der Waals surface area contributed by atoms with Gasteiger partial charge in [0.2, 0.25) is 0 Å². The van der Waals surface area contributed by atoms with Crippen LogP contribution in [0.15, 0.2) is 30.3 Å². The molecule has 0 heterocycles. The van der Waals surface area contributed by atoms with Gasteiger partial charge in [0, 0.05) is 19.9 Å². The lowest BCUT2D eigenvalue weighted by Gasteiger charge is -2.32. The van der Waals surface area contributed by atoms with Crippen LogP contribution in [-0.4, -0.2) is 19.5 Å².